The normalized spacial score (nSPS) is 17.7. The molecule has 0 fully saturated rings. The number of nitrogens with one attached hydrogen (secondary N) is 1. The van der Waals surface area contributed by atoms with Crippen LogP contribution in [0.25, 0.3) is 0 Å². The van der Waals surface area contributed by atoms with Gasteiger partial charge < -0.3 is 0 Å². The van der Waals surface area contributed by atoms with Crippen LogP contribution in [0.5, 0.6) is 0 Å². The first kappa shape index (κ1) is 17.3. The van der Waals surface area contributed by atoms with Gasteiger partial charge >= 0.3 is 0 Å². The predicted molar refractivity (Wildman–Crippen MR) is 96.7 cm³/mol. The van der Waals surface area contributed by atoms with Crippen molar-refractivity contribution in [2.24, 2.45) is 5.92 Å². The first-order chi connectivity index (χ1) is 12.0. The van der Waals surface area contributed by atoms with E-state index in [-0.39, 0.29) is 29.5 Å². The molecule has 1 N–H and O–H groups in total. The third-order valence-electron chi connectivity index (χ3n) is 4.88. The molecule has 1 aliphatic rings. The second-order valence-electron chi connectivity index (χ2n) is 6.79. The van der Waals surface area contributed by atoms with Crippen LogP contribution in [0.2, 0.25) is 0 Å². The summed E-state index contributed by atoms with van der Waals surface area (Å²) < 4.78 is 0. The zero-order valence-corrected chi connectivity index (χ0v) is 14.9. The van der Waals surface area contributed by atoms with Gasteiger partial charge in [0.25, 0.3) is 0 Å². The van der Waals surface area contributed by atoms with Crippen molar-refractivity contribution in [2.75, 3.05) is 5.32 Å². The summed E-state index contributed by atoms with van der Waals surface area (Å²) in [7, 11) is 0. The highest BCUT2D eigenvalue weighted by Crippen LogP contribution is 2.32. The molecular weight excluding hydrogens is 314 g/mol. The lowest BCUT2D eigenvalue weighted by atomic mass is 9.82. The van der Waals surface area contributed by atoms with Gasteiger partial charge in [-0.05, 0) is 31.2 Å². The van der Waals surface area contributed by atoms with Gasteiger partial charge in [-0.25, -0.2) is 9.97 Å². The molecule has 3 rings (SSSR count). The summed E-state index contributed by atoms with van der Waals surface area (Å²) in [6.07, 6.45) is 3.45. The molecule has 5 nitrogen and oxygen atoms in total. The standard InChI is InChI=1S/C20H23N3O2/c1-4-13(3)19(25)23-20-21-11-16-17(22-20)9-15(10-18(16)24)14-7-5-12(2)6-8-14/h5-8,11,13,15H,4,9-10H2,1-3H3,(H,21,22,23,25)/t13-,15+/m0/s1. The molecule has 1 aromatic heterocycles. The Bertz CT molecular complexity index is 799. The maximum atomic E-state index is 12.5. The number of Topliss-reactive ketones (excluding diaryl/α,β-unsaturated/α-hetero) is 1. The second kappa shape index (κ2) is 7.13. The molecule has 2 atom stereocenters. The summed E-state index contributed by atoms with van der Waals surface area (Å²) in [5.74, 6) is 0.267. The van der Waals surface area contributed by atoms with Crippen LogP contribution in [0.1, 0.15) is 59.8 Å². The van der Waals surface area contributed by atoms with Gasteiger partial charge in [-0.1, -0.05) is 43.7 Å². The minimum atomic E-state index is -0.0975. The van der Waals surface area contributed by atoms with Gasteiger partial charge in [-0.3, -0.25) is 14.9 Å². The van der Waals surface area contributed by atoms with Crippen LogP contribution in [0.3, 0.4) is 0 Å². The molecular formula is C20H23N3O2. The van der Waals surface area contributed by atoms with Crippen molar-refractivity contribution in [1.29, 1.82) is 0 Å². The summed E-state index contributed by atoms with van der Waals surface area (Å²) >= 11 is 0. The van der Waals surface area contributed by atoms with E-state index in [1.807, 2.05) is 20.8 Å². The predicted octanol–water partition coefficient (Wildman–Crippen LogP) is 3.68. The van der Waals surface area contributed by atoms with Crippen molar-refractivity contribution in [3.63, 3.8) is 0 Å². The first-order valence-electron chi connectivity index (χ1n) is 8.74. The minimum absolute atomic E-state index is 0.0617. The van der Waals surface area contributed by atoms with E-state index in [9.17, 15) is 9.59 Å². The minimum Gasteiger partial charge on any atom is -0.294 e. The SMILES string of the molecule is CC[C@H](C)C(=O)Nc1ncc2c(n1)C[C@@H](c1ccc(C)cc1)CC2=O. The first-order valence-corrected chi connectivity index (χ1v) is 8.74. The fraction of sp³-hybridized carbons (Fsp3) is 0.400. The fourth-order valence-electron chi connectivity index (χ4n) is 3.00. The number of ketones is 1. The van der Waals surface area contributed by atoms with Crippen molar-refractivity contribution >= 4 is 17.6 Å². The Balaban J connectivity index is 1.83. The summed E-state index contributed by atoms with van der Waals surface area (Å²) in [5.41, 5.74) is 3.64. The lowest BCUT2D eigenvalue weighted by Gasteiger charge is -2.23. The number of hydrogen-bond acceptors (Lipinski definition) is 4. The summed E-state index contributed by atoms with van der Waals surface area (Å²) in [4.78, 5) is 33.1. The number of nitrogens with zero attached hydrogens (tertiary/aromatic N) is 2. The molecule has 5 heteroatoms. The van der Waals surface area contributed by atoms with Crippen LogP contribution in [0.15, 0.2) is 30.5 Å². The smallest absolute Gasteiger partial charge is 0.229 e. The Morgan fingerprint density at radius 3 is 2.68 bits per heavy atom. The van der Waals surface area contributed by atoms with Gasteiger partial charge in [-0.15, -0.1) is 0 Å². The van der Waals surface area contributed by atoms with E-state index in [4.69, 9.17) is 0 Å². The van der Waals surface area contributed by atoms with Gasteiger partial charge in [-0.2, -0.15) is 0 Å². The number of aromatic nitrogens is 2. The Hall–Kier alpha value is -2.56. The summed E-state index contributed by atoms with van der Waals surface area (Å²) in [5, 5.41) is 2.75. The van der Waals surface area contributed by atoms with Crippen LogP contribution in [-0.4, -0.2) is 21.7 Å². The largest absolute Gasteiger partial charge is 0.294 e. The molecule has 25 heavy (non-hydrogen) atoms. The Kier molecular flexibility index (Phi) is 4.93. The lowest BCUT2D eigenvalue weighted by molar-refractivity contribution is -0.119. The van der Waals surface area contributed by atoms with E-state index in [0.717, 1.165) is 17.7 Å². The van der Waals surface area contributed by atoms with E-state index in [0.29, 0.717) is 18.4 Å². The number of hydrogen-bond donors (Lipinski definition) is 1. The van der Waals surface area contributed by atoms with Gasteiger partial charge in [0.2, 0.25) is 11.9 Å². The van der Waals surface area contributed by atoms with Crippen molar-refractivity contribution in [1.82, 2.24) is 9.97 Å². The molecule has 0 aliphatic heterocycles. The van der Waals surface area contributed by atoms with E-state index in [2.05, 4.69) is 39.6 Å². The number of fused-ring (bicyclic) bond motifs is 1. The summed E-state index contributed by atoms with van der Waals surface area (Å²) in [6.45, 7) is 5.87. The van der Waals surface area contributed by atoms with Crippen molar-refractivity contribution in [3.8, 4) is 0 Å². The molecule has 0 spiro atoms. The molecule has 2 aromatic rings. The van der Waals surface area contributed by atoms with Crippen LogP contribution < -0.4 is 5.32 Å². The number of rotatable bonds is 4. The number of anilines is 1. The Labute approximate surface area is 147 Å². The molecule has 0 saturated carbocycles. The van der Waals surface area contributed by atoms with Crippen molar-refractivity contribution < 1.29 is 9.59 Å². The van der Waals surface area contributed by atoms with Crippen molar-refractivity contribution in [3.05, 3.63) is 52.8 Å². The molecule has 0 unspecified atom stereocenters. The molecule has 0 bridgehead atoms. The van der Waals surface area contributed by atoms with Gasteiger partial charge in [0.15, 0.2) is 5.78 Å². The molecule has 1 aliphatic carbocycles. The van der Waals surface area contributed by atoms with Crippen LogP contribution in [-0.2, 0) is 11.2 Å². The van der Waals surface area contributed by atoms with Gasteiger partial charge in [0.1, 0.15) is 0 Å². The number of carbonyl (C=O) groups is 2. The number of amides is 1. The highest BCUT2D eigenvalue weighted by atomic mass is 16.2. The van der Waals surface area contributed by atoms with Crippen LogP contribution >= 0.6 is 0 Å². The van der Waals surface area contributed by atoms with Gasteiger partial charge in [0, 0.05) is 18.5 Å². The number of benzene rings is 1. The Morgan fingerprint density at radius 1 is 1.28 bits per heavy atom. The second-order valence-corrected chi connectivity index (χ2v) is 6.79. The fourth-order valence-corrected chi connectivity index (χ4v) is 3.00. The Morgan fingerprint density at radius 2 is 2.00 bits per heavy atom. The van der Waals surface area contributed by atoms with Gasteiger partial charge in [0.05, 0.1) is 11.3 Å². The maximum absolute atomic E-state index is 12.5. The quantitative estimate of drug-likeness (QED) is 0.924. The average Bonchev–Trinajstić information content (AvgIpc) is 2.61. The molecule has 130 valence electrons. The topological polar surface area (TPSA) is 72.0 Å². The lowest BCUT2D eigenvalue weighted by Crippen LogP contribution is -2.24. The highest BCUT2D eigenvalue weighted by Gasteiger charge is 2.28. The molecule has 1 amide bonds. The third-order valence-corrected chi connectivity index (χ3v) is 4.88. The number of aryl methyl sites for hydroxylation is 1. The molecule has 1 aromatic carbocycles. The van der Waals surface area contributed by atoms with Crippen molar-refractivity contribution in [2.45, 2.75) is 46.0 Å². The highest BCUT2D eigenvalue weighted by molar-refractivity contribution is 5.99. The number of carbonyl (C=O) groups excluding carboxylic acids is 2. The molecule has 0 radical (unpaired) electrons. The molecule has 1 heterocycles. The van der Waals surface area contributed by atoms with E-state index in [1.165, 1.54) is 5.56 Å². The van der Waals surface area contributed by atoms with Crippen LogP contribution in [0.4, 0.5) is 5.95 Å². The van der Waals surface area contributed by atoms with Crippen LogP contribution in [0, 0.1) is 12.8 Å². The maximum Gasteiger partial charge on any atom is 0.229 e. The van der Waals surface area contributed by atoms with E-state index >= 15 is 0 Å². The third kappa shape index (κ3) is 3.76. The zero-order chi connectivity index (χ0) is 18.0. The molecule has 0 saturated heterocycles. The monoisotopic (exact) mass is 337 g/mol. The van der Waals surface area contributed by atoms with E-state index in [1.54, 1.807) is 6.20 Å². The average molecular weight is 337 g/mol. The zero-order valence-electron chi connectivity index (χ0n) is 14.9. The summed E-state index contributed by atoms with van der Waals surface area (Å²) in [6, 6.07) is 8.27. The van der Waals surface area contributed by atoms with E-state index < -0.39 is 0 Å².